The maximum atomic E-state index is 11.6. The van der Waals surface area contributed by atoms with Gasteiger partial charge in [-0.1, -0.05) is 15.9 Å². The van der Waals surface area contributed by atoms with Crippen LogP contribution in [0.3, 0.4) is 0 Å². The zero-order valence-corrected chi connectivity index (χ0v) is 10.8. The van der Waals surface area contributed by atoms with E-state index in [0.717, 1.165) is 4.90 Å². The molecule has 1 aliphatic heterocycles. The summed E-state index contributed by atoms with van der Waals surface area (Å²) in [6.07, 6.45) is -0.762. The van der Waals surface area contributed by atoms with Crippen LogP contribution in [0.1, 0.15) is 20.8 Å². The van der Waals surface area contributed by atoms with Crippen molar-refractivity contribution in [1.29, 1.82) is 0 Å². The molecular weight excluding hydrogens is 280 g/mol. The lowest BCUT2D eigenvalue weighted by molar-refractivity contribution is -0.120. The van der Waals surface area contributed by atoms with Gasteiger partial charge in [0.2, 0.25) is 5.91 Å². The van der Waals surface area contributed by atoms with Crippen molar-refractivity contribution in [3.05, 3.63) is 0 Å². The third-order valence-corrected chi connectivity index (χ3v) is 2.42. The second-order valence-electron chi connectivity index (χ2n) is 4.35. The number of imide groups is 2. The topological polar surface area (TPSA) is 75.7 Å². The first kappa shape index (κ1) is 13.0. The van der Waals surface area contributed by atoms with Crippen LogP contribution in [0.15, 0.2) is 0 Å². The molecule has 0 aliphatic carbocycles. The summed E-state index contributed by atoms with van der Waals surface area (Å²) in [6, 6.07) is -0.755. The average Bonchev–Trinajstić information content (AvgIpc) is 2.08. The van der Waals surface area contributed by atoms with Crippen LogP contribution in [-0.4, -0.2) is 39.9 Å². The van der Waals surface area contributed by atoms with Crippen LogP contribution in [0, 0.1) is 0 Å². The van der Waals surface area contributed by atoms with E-state index in [1.807, 2.05) is 5.32 Å². The van der Waals surface area contributed by atoms with Crippen molar-refractivity contribution in [2.75, 3.05) is 6.54 Å². The van der Waals surface area contributed by atoms with Crippen molar-refractivity contribution in [2.24, 2.45) is 0 Å². The van der Waals surface area contributed by atoms with Crippen LogP contribution < -0.4 is 5.32 Å². The van der Waals surface area contributed by atoms with Crippen LogP contribution in [0.2, 0.25) is 0 Å². The van der Waals surface area contributed by atoms with E-state index in [1.54, 1.807) is 20.8 Å². The number of hydrogen-bond donors (Lipinski definition) is 1. The van der Waals surface area contributed by atoms with Crippen molar-refractivity contribution in [2.45, 2.75) is 31.2 Å². The van der Waals surface area contributed by atoms with Crippen molar-refractivity contribution >= 4 is 34.0 Å². The Kier molecular flexibility index (Phi) is 3.57. The van der Waals surface area contributed by atoms with Crippen molar-refractivity contribution in [3.63, 3.8) is 0 Å². The van der Waals surface area contributed by atoms with Crippen molar-refractivity contribution in [1.82, 2.24) is 10.2 Å². The Balaban J connectivity index is 2.70. The molecule has 0 aromatic rings. The molecule has 1 rings (SSSR count). The number of carbonyl (C=O) groups excluding carboxylic acids is 3. The van der Waals surface area contributed by atoms with Gasteiger partial charge in [-0.3, -0.25) is 10.1 Å². The van der Waals surface area contributed by atoms with E-state index >= 15 is 0 Å². The van der Waals surface area contributed by atoms with Crippen LogP contribution >= 0.6 is 15.9 Å². The summed E-state index contributed by atoms with van der Waals surface area (Å²) < 4.78 is 5.03. The van der Waals surface area contributed by atoms with E-state index in [9.17, 15) is 14.4 Å². The Morgan fingerprint density at radius 3 is 2.56 bits per heavy atom. The van der Waals surface area contributed by atoms with E-state index in [1.165, 1.54) is 0 Å². The normalized spacial score (nSPS) is 21.8. The summed E-state index contributed by atoms with van der Waals surface area (Å²) in [7, 11) is 0. The first-order valence-electron chi connectivity index (χ1n) is 4.70. The molecule has 6 nitrogen and oxygen atoms in total. The third-order valence-electron chi connectivity index (χ3n) is 1.72. The molecule has 1 N–H and O–H groups in total. The fourth-order valence-electron chi connectivity index (χ4n) is 1.05. The lowest BCUT2D eigenvalue weighted by Crippen LogP contribution is -2.57. The molecule has 16 heavy (non-hydrogen) atoms. The van der Waals surface area contributed by atoms with Gasteiger partial charge < -0.3 is 4.74 Å². The summed E-state index contributed by atoms with van der Waals surface area (Å²) in [5.74, 6) is -0.454. The predicted octanol–water partition coefficient (Wildman–Crippen LogP) is 1.24. The summed E-state index contributed by atoms with van der Waals surface area (Å²) >= 11 is 3.06. The summed E-state index contributed by atoms with van der Waals surface area (Å²) in [4.78, 5) is 34.3. The zero-order chi connectivity index (χ0) is 12.5. The number of urea groups is 1. The zero-order valence-electron chi connectivity index (χ0n) is 9.24. The highest BCUT2D eigenvalue weighted by Gasteiger charge is 2.36. The number of rotatable bonds is 0. The Hall–Kier alpha value is -1.11. The maximum absolute atomic E-state index is 11.6. The fourth-order valence-corrected chi connectivity index (χ4v) is 1.46. The highest BCUT2D eigenvalue weighted by atomic mass is 79.9. The summed E-state index contributed by atoms with van der Waals surface area (Å²) in [6.45, 7) is 5.07. The number of ether oxygens (including phenoxy) is 1. The highest BCUT2D eigenvalue weighted by molar-refractivity contribution is 9.10. The van der Waals surface area contributed by atoms with Gasteiger partial charge in [0.15, 0.2) is 0 Å². The molecule has 1 atom stereocenters. The van der Waals surface area contributed by atoms with E-state index in [0.29, 0.717) is 0 Å². The Labute approximate surface area is 101 Å². The largest absolute Gasteiger partial charge is 0.443 e. The van der Waals surface area contributed by atoms with Gasteiger partial charge >= 0.3 is 12.1 Å². The molecule has 7 heteroatoms. The van der Waals surface area contributed by atoms with E-state index in [2.05, 4.69) is 15.9 Å². The average molecular weight is 293 g/mol. The first-order valence-corrected chi connectivity index (χ1v) is 5.61. The van der Waals surface area contributed by atoms with Gasteiger partial charge in [0.25, 0.3) is 0 Å². The second kappa shape index (κ2) is 4.40. The molecule has 1 heterocycles. The lowest BCUT2D eigenvalue weighted by atomic mass is 10.2. The van der Waals surface area contributed by atoms with Crippen molar-refractivity contribution in [3.8, 4) is 0 Å². The molecule has 90 valence electrons. The lowest BCUT2D eigenvalue weighted by Gasteiger charge is -2.30. The van der Waals surface area contributed by atoms with E-state index < -0.39 is 28.5 Å². The highest BCUT2D eigenvalue weighted by Crippen LogP contribution is 2.14. The molecular formula is C9H13BrN2O4. The third kappa shape index (κ3) is 3.19. The number of carbonyl (C=O) groups is 3. The molecule has 0 spiro atoms. The molecule has 1 unspecified atom stereocenters. The Morgan fingerprint density at radius 2 is 2.06 bits per heavy atom. The minimum absolute atomic E-state index is 0.0282. The summed E-state index contributed by atoms with van der Waals surface area (Å²) in [5, 5.41) is 2.05. The number of nitrogens with one attached hydrogen (secondary N) is 1. The van der Waals surface area contributed by atoms with Gasteiger partial charge in [-0.15, -0.1) is 0 Å². The number of halogens is 1. The molecule has 0 radical (unpaired) electrons. The number of hydrogen-bond acceptors (Lipinski definition) is 4. The molecule has 1 aliphatic rings. The quantitative estimate of drug-likeness (QED) is 0.682. The van der Waals surface area contributed by atoms with Crippen LogP contribution in [0.4, 0.5) is 9.59 Å². The van der Waals surface area contributed by atoms with Crippen LogP contribution in [-0.2, 0) is 9.53 Å². The van der Waals surface area contributed by atoms with Gasteiger partial charge in [-0.25, -0.2) is 14.5 Å². The summed E-state index contributed by atoms with van der Waals surface area (Å²) in [5.41, 5.74) is -0.680. The molecule has 0 aromatic heterocycles. The standard InChI is InChI=1S/C9H13BrN2O4/c1-9(2,3)16-8(15)12-4-5(10)6(13)11-7(12)14/h5H,4H2,1-3H3,(H,11,13,14). The van der Waals surface area contributed by atoms with E-state index in [4.69, 9.17) is 4.74 Å². The monoisotopic (exact) mass is 292 g/mol. The van der Waals surface area contributed by atoms with Gasteiger partial charge in [-0.2, -0.15) is 0 Å². The Bertz CT molecular complexity index is 337. The van der Waals surface area contributed by atoms with Gasteiger partial charge in [0.1, 0.15) is 10.4 Å². The van der Waals surface area contributed by atoms with Crippen LogP contribution in [0.25, 0.3) is 0 Å². The number of nitrogens with zero attached hydrogens (tertiary/aromatic N) is 1. The van der Waals surface area contributed by atoms with E-state index in [-0.39, 0.29) is 6.54 Å². The maximum Gasteiger partial charge on any atom is 0.418 e. The minimum Gasteiger partial charge on any atom is -0.443 e. The predicted molar refractivity (Wildman–Crippen MR) is 59.2 cm³/mol. The number of alkyl halides is 1. The molecule has 0 saturated carbocycles. The molecule has 0 bridgehead atoms. The van der Waals surface area contributed by atoms with Crippen molar-refractivity contribution < 1.29 is 19.1 Å². The molecule has 1 saturated heterocycles. The second-order valence-corrected chi connectivity index (χ2v) is 5.46. The fraction of sp³-hybridized carbons (Fsp3) is 0.667. The smallest absolute Gasteiger partial charge is 0.418 e. The molecule has 1 fully saturated rings. The minimum atomic E-state index is -0.762. The van der Waals surface area contributed by atoms with Gasteiger partial charge in [0.05, 0.1) is 6.54 Å². The number of amides is 4. The molecule has 4 amide bonds. The van der Waals surface area contributed by atoms with Crippen LogP contribution in [0.5, 0.6) is 0 Å². The SMILES string of the molecule is CC(C)(C)OC(=O)N1CC(Br)C(=O)NC1=O. The Morgan fingerprint density at radius 1 is 1.50 bits per heavy atom. The van der Waals surface area contributed by atoms with Gasteiger partial charge in [-0.05, 0) is 20.8 Å². The first-order chi connectivity index (χ1) is 7.20. The van der Waals surface area contributed by atoms with Gasteiger partial charge in [0, 0.05) is 0 Å². The molecule has 0 aromatic carbocycles.